The van der Waals surface area contributed by atoms with Crippen LogP contribution in [-0.4, -0.2) is 84.1 Å². The number of carbonyl (C=O) groups excluding carboxylic acids is 2. The van der Waals surface area contributed by atoms with Crippen molar-refractivity contribution < 1.29 is 38.8 Å². The highest BCUT2D eigenvalue weighted by atomic mass is 32.2. The van der Waals surface area contributed by atoms with Gasteiger partial charge in [-0.05, 0) is 5.57 Å². The van der Waals surface area contributed by atoms with E-state index in [2.05, 4.69) is 20.4 Å². The number of nitrogens with two attached hydrogens (primary N) is 1. The Bertz CT molecular complexity index is 1600. The van der Waals surface area contributed by atoms with Gasteiger partial charge in [0.25, 0.3) is 11.8 Å². The summed E-state index contributed by atoms with van der Waals surface area (Å²) in [5.74, 6) is -3.32. The maximum Gasteiger partial charge on any atom is 0.352 e. The summed E-state index contributed by atoms with van der Waals surface area (Å²) in [5, 5.41) is 25.8. The van der Waals surface area contributed by atoms with E-state index in [4.69, 9.17) is 15.7 Å². The summed E-state index contributed by atoms with van der Waals surface area (Å²) in [6.45, 7) is -0.797. The smallest absolute Gasteiger partial charge is 0.352 e. The van der Waals surface area contributed by atoms with Gasteiger partial charge in [-0.25, -0.2) is 24.1 Å². The van der Waals surface area contributed by atoms with E-state index < -0.39 is 41.8 Å². The number of nitrogen functional groups attached to an aromatic ring is 1. The molecule has 2 atom stereocenters. The van der Waals surface area contributed by atoms with Crippen molar-refractivity contribution in [3.63, 3.8) is 0 Å². The molecule has 3 aromatic heterocycles. The van der Waals surface area contributed by atoms with Gasteiger partial charge < -0.3 is 26.1 Å². The van der Waals surface area contributed by atoms with Crippen LogP contribution in [0.5, 0.6) is 0 Å². The second-order valence-electron chi connectivity index (χ2n) is 8.42. The number of fused-ring (bicyclic) bond motifs is 2. The van der Waals surface area contributed by atoms with E-state index in [1.165, 1.54) is 45.1 Å². The molecule has 1 unspecified atom stereocenters. The summed E-state index contributed by atoms with van der Waals surface area (Å²) in [4.78, 5) is 63.6. The number of rotatable bonds is 10. The van der Waals surface area contributed by atoms with Crippen molar-refractivity contribution in [3.05, 3.63) is 40.8 Å². The van der Waals surface area contributed by atoms with Crippen LogP contribution in [0.1, 0.15) is 5.69 Å². The molecule has 18 heteroatoms. The summed E-state index contributed by atoms with van der Waals surface area (Å²) in [6.07, 6.45) is 3.83. The number of anilines is 1. The van der Waals surface area contributed by atoms with Crippen molar-refractivity contribution in [2.24, 2.45) is 12.2 Å². The number of oxime groups is 1. The van der Waals surface area contributed by atoms with Crippen LogP contribution in [0, 0.1) is 0 Å². The lowest BCUT2D eigenvalue weighted by Gasteiger charge is -2.49. The number of amides is 2. The number of carboxylic acid groups (broad SMARTS) is 2. The monoisotopic (exact) mass is 622 g/mol. The molecule has 0 aromatic carbocycles. The van der Waals surface area contributed by atoms with Crippen molar-refractivity contribution in [3.8, 4) is 0 Å². The molecular formula is C22H20N7O7S4+. The zero-order valence-corrected chi connectivity index (χ0v) is 23.7. The first-order valence-corrected chi connectivity index (χ1v) is 15.1. The van der Waals surface area contributed by atoms with Gasteiger partial charge in [0.1, 0.15) is 35.4 Å². The number of pyridine rings is 1. The van der Waals surface area contributed by atoms with E-state index in [0.29, 0.717) is 17.1 Å². The highest BCUT2D eigenvalue weighted by Crippen LogP contribution is 2.42. The maximum absolute atomic E-state index is 13.1. The number of aromatic nitrogens is 3. The Labute approximate surface area is 241 Å². The minimum atomic E-state index is -1.30. The topological polar surface area (TPSA) is 201 Å². The molecule has 14 nitrogen and oxygen atoms in total. The molecule has 2 aliphatic heterocycles. The summed E-state index contributed by atoms with van der Waals surface area (Å²) in [5.41, 5.74) is 6.63. The van der Waals surface area contributed by atoms with E-state index in [1.807, 2.05) is 30.1 Å². The Balaban J connectivity index is 1.30. The molecular weight excluding hydrogens is 603 g/mol. The lowest BCUT2D eigenvalue weighted by atomic mass is 10.0. The van der Waals surface area contributed by atoms with E-state index in [-0.39, 0.29) is 22.2 Å². The van der Waals surface area contributed by atoms with Crippen LogP contribution in [0.4, 0.5) is 5.13 Å². The third-order valence-corrected chi connectivity index (χ3v) is 9.96. The average molecular weight is 623 g/mol. The van der Waals surface area contributed by atoms with Crippen LogP contribution >= 0.6 is 46.2 Å². The third kappa shape index (κ3) is 5.60. The van der Waals surface area contributed by atoms with Gasteiger partial charge in [0, 0.05) is 23.0 Å². The molecule has 3 aromatic rings. The van der Waals surface area contributed by atoms with Crippen molar-refractivity contribution >= 4 is 91.0 Å². The molecule has 0 aliphatic carbocycles. The number of carboxylic acids is 2. The highest BCUT2D eigenvalue weighted by molar-refractivity contribution is 8.02. The summed E-state index contributed by atoms with van der Waals surface area (Å²) in [7, 11) is 1.90. The van der Waals surface area contributed by atoms with Gasteiger partial charge in [-0.1, -0.05) is 16.9 Å². The second-order valence-corrected chi connectivity index (χ2v) is 12.7. The zero-order chi connectivity index (χ0) is 28.6. The quantitative estimate of drug-likeness (QED) is 0.0803. The Morgan fingerprint density at radius 3 is 2.85 bits per heavy atom. The van der Waals surface area contributed by atoms with Crippen LogP contribution in [0.2, 0.25) is 0 Å². The van der Waals surface area contributed by atoms with Crippen LogP contribution in [-0.2, 0) is 31.1 Å². The lowest BCUT2D eigenvalue weighted by Crippen LogP contribution is -2.71. The fourth-order valence-corrected chi connectivity index (χ4v) is 7.99. The second kappa shape index (κ2) is 11.4. The van der Waals surface area contributed by atoms with Gasteiger partial charge in [0.15, 0.2) is 27.6 Å². The molecule has 208 valence electrons. The number of thioether (sulfide) groups is 2. The van der Waals surface area contributed by atoms with E-state index in [1.54, 1.807) is 0 Å². The van der Waals surface area contributed by atoms with E-state index >= 15 is 0 Å². The molecule has 1 saturated heterocycles. The normalized spacial score (nSPS) is 18.9. The van der Waals surface area contributed by atoms with Gasteiger partial charge in [-0.15, -0.1) is 34.4 Å². The predicted molar refractivity (Wildman–Crippen MR) is 148 cm³/mol. The Kier molecular flexibility index (Phi) is 7.92. The standard InChI is InChI=1S/C22H19N7O7S4/c1-28-3-2-12-10(4-28)25-22(40-12)39-7-9-6-37-19-15(18(33)29(19)16(9)20(34)35)26-17(32)14(27-36-5-13(30)31)11-8-38-21(23)24-11/h2-4,8,15,19H,5-7H2,1H3,(H4-,23,24,26,30,31,32,34,35)/p+1/b27-14-/t15?,19-/m0/s1. The molecule has 5 heterocycles. The molecule has 2 aliphatic rings. The fourth-order valence-electron chi connectivity index (χ4n) is 3.92. The number of carbonyl (C=O) groups is 4. The number of aryl methyl sites for hydroxylation is 1. The van der Waals surface area contributed by atoms with E-state index in [9.17, 15) is 24.3 Å². The zero-order valence-electron chi connectivity index (χ0n) is 20.5. The first-order valence-electron chi connectivity index (χ1n) is 11.3. The van der Waals surface area contributed by atoms with Crippen molar-refractivity contribution in [2.45, 2.75) is 15.8 Å². The molecule has 0 spiro atoms. The van der Waals surface area contributed by atoms with Crippen LogP contribution < -0.4 is 15.6 Å². The number of aliphatic carboxylic acids is 2. The largest absolute Gasteiger partial charge is 0.479 e. The van der Waals surface area contributed by atoms with Crippen molar-refractivity contribution in [2.75, 3.05) is 23.8 Å². The Morgan fingerprint density at radius 2 is 2.15 bits per heavy atom. The van der Waals surface area contributed by atoms with Crippen molar-refractivity contribution in [1.82, 2.24) is 20.2 Å². The molecule has 1 fully saturated rings. The third-order valence-electron chi connectivity index (χ3n) is 5.68. The Morgan fingerprint density at radius 1 is 1.35 bits per heavy atom. The van der Waals surface area contributed by atoms with E-state index in [0.717, 1.165) is 25.9 Å². The summed E-state index contributed by atoms with van der Waals surface area (Å²) < 4.78 is 3.69. The fraction of sp³-hybridized carbons (Fsp3) is 0.273. The lowest BCUT2D eigenvalue weighted by molar-refractivity contribution is -0.670. The van der Waals surface area contributed by atoms with Gasteiger partial charge >= 0.3 is 11.9 Å². The van der Waals surface area contributed by atoms with Gasteiger partial charge in [-0.2, -0.15) is 0 Å². The number of hydrogen-bond acceptors (Lipinski definition) is 13. The highest BCUT2D eigenvalue weighted by Gasteiger charge is 2.54. The number of thiazole rings is 2. The summed E-state index contributed by atoms with van der Waals surface area (Å²) >= 11 is 5.26. The van der Waals surface area contributed by atoms with Gasteiger partial charge in [0.2, 0.25) is 6.61 Å². The Hall–Kier alpha value is -3.74. The molecule has 5 N–H and O–H groups in total. The molecule has 5 rings (SSSR count). The molecule has 0 bridgehead atoms. The first-order chi connectivity index (χ1) is 19.1. The maximum atomic E-state index is 13.1. The molecule has 2 amide bonds. The minimum absolute atomic E-state index is 0.0411. The predicted octanol–water partition coefficient (Wildman–Crippen LogP) is 0.496. The van der Waals surface area contributed by atoms with Gasteiger partial charge in [0.05, 0.1) is 4.70 Å². The minimum Gasteiger partial charge on any atom is -0.479 e. The number of hydrogen-bond donors (Lipinski definition) is 4. The molecule has 40 heavy (non-hydrogen) atoms. The van der Waals surface area contributed by atoms with Crippen LogP contribution in [0.3, 0.4) is 0 Å². The van der Waals surface area contributed by atoms with Crippen molar-refractivity contribution in [1.29, 1.82) is 0 Å². The summed E-state index contributed by atoms with van der Waals surface area (Å²) in [6, 6.07) is 0.928. The van der Waals surface area contributed by atoms with Gasteiger partial charge in [-0.3, -0.25) is 14.5 Å². The number of nitrogens with one attached hydrogen (secondary N) is 1. The molecule has 0 saturated carbocycles. The number of β-lactam (4-membered cyclic amide) rings is 1. The first kappa shape index (κ1) is 27.8. The average Bonchev–Trinajstić information content (AvgIpc) is 3.52. The van der Waals surface area contributed by atoms with Crippen LogP contribution in [0.25, 0.3) is 10.2 Å². The number of nitrogens with zero attached hydrogens (tertiary/aromatic N) is 5. The molecule has 0 radical (unpaired) electrons. The SMILES string of the molecule is C[n+]1ccc2sc(SCC3=C(C(=O)O)N4C(=O)C(NC(=O)/C(=N\OCC(=O)O)c5csc(N)n5)[C@@H]4SC3)nc2c1. The van der Waals surface area contributed by atoms with Crippen LogP contribution in [0.15, 0.2) is 44.6 Å².